The van der Waals surface area contributed by atoms with Crippen molar-refractivity contribution in [2.24, 2.45) is 0 Å². The third kappa shape index (κ3) is 8.51. The number of benzene rings is 4. The van der Waals surface area contributed by atoms with E-state index in [-0.39, 0.29) is 22.1 Å². The summed E-state index contributed by atoms with van der Waals surface area (Å²) in [5, 5.41) is 22.1. The predicted molar refractivity (Wildman–Crippen MR) is 171 cm³/mol. The van der Waals surface area contributed by atoms with Crippen LogP contribution in [0.2, 0.25) is 0 Å². The molecule has 0 saturated heterocycles. The quantitative estimate of drug-likeness (QED) is 0.149. The van der Waals surface area contributed by atoms with Gasteiger partial charge in [0.05, 0.1) is 21.2 Å². The van der Waals surface area contributed by atoms with Crippen LogP contribution in [0, 0.1) is 0 Å². The number of carboxylic acids is 2. The molecule has 22 heteroatoms. The molecule has 0 radical (unpaired) electrons. The van der Waals surface area contributed by atoms with E-state index in [1.807, 2.05) is 0 Å². The van der Waals surface area contributed by atoms with Crippen molar-refractivity contribution >= 4 is 77.3 Å². The standard InChI is InChI=1S/C30H22F6N4O10S2/c31-29(32,33)27(45)37-17-5-9-19(10-6-17)51(47,48)39(15-25(41)42)23-13-14-24(22-4-2-1-3-21(22)23)40(16-26(43)44)52(49,50)20-11-7-18(8-12-20)38-28(46)30(34,35)36/h1-14H,15-16H2,(H,37,45)(H,38,46)(H,41,42)(H,43,44). The number of nitrogens with zero attached hydrogens (tertiary/aromatic N) is 2. The Morgan fingerprint density at radius 1 is 0.538 bits per heavy atom. The van der Waals surface area contributed by atoms with Gasteiger partial charge in [-0.25, -0.2) is 16.8 Å². The zero-order valence-electron chi connectivity index (χ0n) is 25.6. The molecule has 0 saturated carbocycles. The Labute approximate surface area is 289 Å². The van der Waals surface area contributed by atoms with E-state index in [0.717, 1.165) is 60.7 Å². The van der Waals surface area contributed by atoms with Gasteiger partial charge in [0.1, 0.15) is 13.1 Å². The molecule has 4 rings (SSSR count). The molecule has 0 aliphatic carbocycles. The monoisotopic (exact) mass is 776 g/mol. The number of hydrogen-bond acceptors (Lipinski definition) is 8. The number of hydrogen-bond donors (Lipinski definition) is 4. The normalized spacial score (nSPS) is 12.2. The molecule has 4 aromatic rings. The highest BCUT2D eigenvalue weighted by molar-refractivity contribution is 7.93. The van der Waals surface area contributed by atoms with Gasteiger partial charge in [-0.05, 0) is 60.7 Å². The molecule has 276 valence electrons. The van der Waals surface area contributed by atoms with E-state index in [1.165, 1.54) is 34.9 Å². The summed E-state index contributed by atoms with van der Waals surface area (Å²) in [5.74, 6) is -8.02. The van der Waals surface area contributed by atoms with E-state index in [0.29, 0.717) is 8.61 Å². The highest BCUT2D eigenvalue weighted by Gasteiger charge is 2.40. The van der Waals surface area contributed by atoms with Gasteiger partial charge >= 0.3 is 36.1 Å². The number of halogens is 6. The van der Waals surface area contributed by atoms with Crippen LogP contribution in [0.25, 0.3) is 10.8 Å². The molecule has 4 N–H and O–H groups in total. The average molecular weight is 777 g/mol. The largest absolute Gasteiger partial charge is 0.480 e. The van der Waals surface area contributed by atoms with Crippen LogP contribution in [0.4, 0.5) is 49.1 Å². The number of amides is 2. The van der Waals surface area contributed by atoms with E-state index in [1.54, 1.807) is 0 Å². The zero-order chi connectivity index (χ0) is 38.8. The van der Waals surface area contributed by atoms with Crippen LogP contribution in [-0.2, 0) is 39.2 Å². The molecule has 0 aliphatic rings. The van der Waals surface area contributed by atoms with Crippen molar-refractivity contribution in [3.8, 4) is 0 Å². The number of carboxylic acid groups (broad SMARTS) is 2. The maximum absolute atomic E-state index is 13.8. The first-order chi connectivity index (χ1) is 24.0. The van der Waals surface area contributed by atoms with Gasteiger partial charge in [0.15, 0.2) is 0 Å². The van der Waals surface area contributed by atoms with E-state index < -0.39 is 90.4 Å². The minimum atomic E-state index is -5.25. The Hall–Kier alpha value is -5.90. The first-order valence-corrected chi connectivity index (χ1v) is 16.9. The first-order valence-electron chi connectivity index (χ1n) is 14.0. The molecule has 2 amide bonds. The first kappa shape index (κ1) is 38.9. The van der Waals surface area contributed by atoms with Crippen LogP contribution in [0.15, 0.2) is 94.7 Å². The van der Waals surface area contributed by atoms with Gasteiger partial charge < -0.3 is 20.8 Å². The second-order valence-electron chi connectivity index (χ2n) is 10.4. The number of sulfonamides is 2. The number of aliphatic carboxylic acids is 2. The minimum absolute atomic E-state index is 0.116. The Balaban J connectivity index is 1.81. The zero-order valence-corrected chi connectivity index (χ0v) is 27.3. The van der Waals surface area contributed by atoms with Crippen LogP contribution in [-0.4, -0.2) is 76.2 Å². The summed E-state index contributed by atoms with van der Waals surface area (Å²) in [5.41, 5.74) is -1.59. The lowest BCUT2D eigenvalue weighted by Crippen LogP contribution is -2.37. The molecular formula is C30H22F6N4O10S2. The van der Waals surface area contributed by atoms with E-state index >= 15 is 0 Å². The van der Waals surface area contributed by atoms with Crippen molar-refractivity contribution in [3.63, 3.8) is 0 Å². The third-order valence-electron chi connectivity index (χ3n) is 6.89. The fourth-order valence-electron chi connectivity index (χ4n) is 4.63. The van der Waals surface area contributed by atoms with Crippen molar-refractivity contribution in [2.75, 3.05) is 32.3 Å². The van der Waals surface area contributed by atoms with E-state index in [2.05, 4.69) is 0 Å². The van der Waals surface area contributed by atoms with Gasteiger partial charge in [0.25, 0.3) is 20.0 Å². The summed E-state index contributed by atoms with van der Waals surface area (Å²) in [6.07, 6.45) is -10.5. The van der Waals surface area contributed by atoms with Gasteiger partial charge in [0.2, 0.25) is 0 Å². The number of rotatable bonds is 12. The number of carbonyl (C=O) groups is 4. The highest BCUT2D eigenvalue weighted by Crippen LogP contribution is 2.39. The molecule has 0 aromatic heterocycles. The molecular weight excluding hydrogens is 754 g/mol. The van der Waals surface area contributed by atoms with Gasteiger partial charge in [-0.15, -0.1) is 0 Å². The topological polar surface area (TPSA) is 208 Å². The van der Waals surface area contributed by atoms with Crippen LogP contribution >= 0.6 is 0 Å². The fraction of sp³-hybridized carbons (Fsp3) is 0.133. The van der Waals surface area contributed by atoms with Crippen molar-refractivity contribution < 1.29 is 72.6 Å². The van der Waals surface area contributed by atoms with Crippen molar-refractivity contribution in [2.45, 2.75) is 22.1 Å². The van der Waals surface area contributed by atoms with Gasteiger partial charge in [-0.1, -0.05) is 24.3 Å². The number of carbonyl (C=O) groups excluding carboxylic acids is 2. The lowest BCUT2D eigenvalue weighted by Gasteiger charge is -2.28. The molecule has 0 unspecified atom stereocenters. The lowest BCUT2D eigenvalue weighted by atomic mass is 10.1. The molecule has 4 aromatic carbocycles. The predicted octanol–water partition coefficient (Wildman–Crippen LogP) is 4.40. The highest BCUT2D eigenvalue weighted by atomic mass is 32.2. The Kier molecular flexibility index (Phi) is 10.8. The molecule has 14 nitrogen and oxygen atoms in total. The van der Waals surface area contributed by atoms with Gasteiger partial charge in [-0.2, -0.15) is 26.3 Å². The SMILES string of the molecule is O=C(O)CN(c1ccc(N(CC(=O)O)S(=O)(=O)c2ccc(NC(=O)C(F)(F)F)cc2)c2ccccc12)S(=O)(=O)c1ccc(NC(=O)C(F)(F)F)cc1. The van der Waals surface area contributed by atoms with Crippen LogP contribution in [0.5, 0.6) is 0 Å². The van der Waals surface area contributed by atoms with E-state index in [9.17, 15) is 72.6 Å². The molecule has 52 heavy (non-hydrogen) atoms. The fourth-order valence-corrected chi connectivity index (χ4v) is 7.49. The molecule has 0 aliphatic heterocycles. The second kappa shape index (κ2) is 14.4. The minimum Gasteiger partial charge on any atom is -0.480 e. The Morgan fingerprint density at radius 2 is 0.846 bits per heavy atom. The van der Waals surface area contributed by atoms with Crippen molar-refractivity contribution in [1.82, 2.24) is 0 Å². The molecule has 0 atom stereocenters. The summed E-state index contributed by atoms with van der Waals surface area (Å²) in [6, 6.07) is 13.7. The van der Waals surface area contributed by atoms with Crippen molar-refractivity contribution in [1.29, 1.82) is 0 Å². The summed E-state index contributed by atoms with van der Waals surface area (Å²) in [4.78, 5) is 45.0. The molecule has 0 spiro atoms. The average Bonchev–Trinajstić information content (AvgIpc) is 3.05. The molecule has 0 fully saturated rings. The van der Waals surface area contributed by atoms with Crippen LogP contribution in [0.3, 0.4) is 0 Å². The summed E-state index contributed by atoms with van der Waals surface area (Å²) in [6.45, 7) is -2.46. The second-order valence-corrected chi connectivity index (χ2v) is 14.1. The van der Waals surface area contributed by atoms with Gasteiger partial charge in [-0.3, -0.25) is 27.8 Å². The Morgan fingerprint density at radius 3 is 1.12 bits per heavy atom. The molecule has 0 bridgehead atoms. The Bertz CT molecular complexity index is 2100. The third-order valence-corrected chi connectivity index (χ3v) is 10.4. The van der Waals surface area contributed by atoms with E-state index in [4.69, 9.17) is 0 Å². The van der Waals surface area contributed by atoms with Gasteiger partial charge in [0, 0.05) is 22.1 Å². The van der Waals surface area contributed by atoms with Crippen LogP contribution < -0.4 is 19.2 Å². The maximum atomic E-state index is 13.8. The number of fused-ring (bicyclic) bond motifs is 1. The number of alkyl halides is 6. The lowest BCUT2D eigenvalue weighted by molar-refractivity contribution is -0.167. The summed E-state index contributed by atoms with van der Waals surface area (Å²) < 4.78 is 132. The molecule has 0 heterocycles. The summed E-state index contributed by atoms with van der Waals surface area (Å²) in [7, 11) is -9.74. The number of anilines is 4. The maximum Gasteiger partial charge on any atom is 0.471 e. The van der Waals surface area contributed by atoms with Crippen molar-refractivity contribution in [3.05, 3.63) is 84.9 Å². The number of nitrogens with one attached hydrogen (secondary N) is 2. The summed E-state index contributed by atoms with van der Waals surface area (Å²) >= 11 is 0. The smallest absolute Gasteiger partial charge is 0.471 e. The van der Waals surface area contributed by atoms with Crippen LogP contribution in [0.1, 0.15) is 0 Å².